The summed E-state index contributed by atoms with van der Waals surface area (Å²) < 4.78 is 39.9. The number of fused-ring (bicyclic) bond motifs is 1. The normalized spacial score (nSPS) is 10.9. The second-order valence-corrected chi connectivity index (χ2v) is 5.65. The highest BCUT2D eigenvalue weighted by molar-refractivity contribution is 5.94. The van der Waals surface area contributed by atoms with Crippen LogP contribution in [0.5, 0.6) is 0 Å². The van der Waals surface area contributed by atoms with Crippen LogP contribution in [0.25, 0.3) is 10.9 Å². The van der Waals surface area contributed by atoms with E-state index >= 15 is 0 Å². The van der Waals surface area contributed by atoms with E-state index in [-0.39, 0.29) is 12.1 Å². The van der Waals surface area contributed by atoms with Crippen molar-refractivity contribution in [3.8, 4) is 6.07 Å². The summed E-state index contributed by atoms with van der Waals surface area (Å²) in [5.41, 5.74) is 1.98. The Hall–Kier alpha value is -3.07. The maximum absolute atomic E-state index is 14.2. The van der Waals surface area contributed by atoms with Gasteiger partial charge in [0.25, 0.3) is 6.43 Å². The van der Waals surface area contributed by atoms with Crippen LogP contribution in [0.4, 0.5) is 18.9 Å². The van der Waals surface area contributed by atoms with Crippen LogP contribution in [-0.2, 0) is 6.54 Å². The Kier molecular flexibility index (Phi) is 4.57. The Morgan fingerprint density at radius 3 is 2.76 bits per heavy atom. The summed E-state index contributed by atoms with van der Waals surface area (Å²) in [7, 11) is 0. The summed E-state index contributed by atoms with van der Waals surface area (Å²) in [5, 5.41) is 13.0. The van der Waals surface area contributed by atoms with Crippen LogP contribution in [0.2, 0.25) is 0 Å². The predicted molar refractivity (Wildman–Crippen MR) is 89.9 cm³/mol. The number of aryl methyl sites for hydroxylation is 1. The molecule has 0 radical (unpaired) electrons. The van der Waals surface area contributed by atoms with Crippen molar-refractivity contribution in [3.63, 3.8) is 0 Å². The monoisotopic (exact) mass is 341 g/mol. The fourth-order valence-electron chi connectivity index (χ4n) is 2.67. The molecule has 126 valence electrons. The van der Waals surface area contributed by atoms with E-state index in [0.29, 0.717) is 16.8 Å². The molecular formula is C19H14F3N3. The largest absolute Gasteiger partial charge is 0.379 e. The van der Waals surface area contributed by atoms with Crippen molar-refractivity contribution < 1.29 is 13.2 Å². The van der Waals surface area contributed by atoms with Crippen LogP contribution in [0.1, 0.15) is 28.7 Å². The fourth-order valence-corrected chi connectivity index (χ4v) is 2.67. The molecule has 0 aliphatic rings. The Morgan fingerprint density at radius 1 is 1.24 bits per heavy atom. The smallest absolute Gasteiger partial charge is 0.266 e. The zero-order valence-electron chi connectivity index (χ0n) is 13.4. The molecule has 0 atom stereocenters. The minimum Gasteiger partial charge on any atom is -0.379 e. The second kappa shape index (κ2) is 6.81. The molecule has 0 amide bonds. The van der Waals surface area contributed by atoms with E-state index in [1.165, 1.54) is 18.3 Å². The lowest BCUT2D eigenvalue weighted by molar-refractivity contribution is 0.146. The molecule has 1 heterocycles. The number of nitriles is 1. The summed E-state index contributed by atoms with van der Waals surface area (Å²) in [5.74, 6) is -0.932. The number of aromatic nitrogens is 1. The van der Waals surface area contributed by atoms with Gasteiger partial charge in [0, 0.05) is 23.7 Å². The van der Waals surface area contributed by atoms with Crippen molar-refractivity contribution in [2.24, 2.45) is 0 Å². The topological polar surface area (TPSA) is 48.7 Å². The van der Waals surface area contributed by atoms with Crippen LogP contribution in [-0.4, -0.2) is 4.98 Å². The van der Waals surface area contributed by atoms with E-state index in [2.05, 4.69) is 10.3 Å². The maximum atomic E-state index is 14.2. The number of benzene rings is 2. The first kappa shape index (κ1) is 16.8. The second-order valence-electron chi connectivity index (χ2n) is 5.65. The van der Waals surface area contributed by atoms with E-state index in [9.17, 15) is 18.4 Å². The van der Waals surface area contributed by atoms with Crippen molar-refractivity contribution in [1.29, 1.82) is 5.26 Å². The van der Waals surface area contributed by atoms with Crippen molar-refractivity contribution in [2.45, 2.75) is 19.9 Å². The van der Waals surface area contributed by atoms with E-state index in [1.807, 2.05) is 31.2 Å². The molecule has 0 fully saturated rings. The van der Waals surface area contributed by atoms with Gasteiger partial charge in [-0.3, -0.25) is 4.98 Å². The van der Waals surface area contributed by atoms with Gasteiger partial charge in [-0.25, -0.2) is 13.2 Å². The van der Waals surface area contributed by atoms with Gasteiger partial charge in [0.2, 0.25) is 0 Å². The van der Waals surface area contributed by atoms with Crippen molar-refractivity contribution in [1.82, 2.24) is 4.98 Å². The molecule has 6 heteroatoms. The molecule has 2 aromatic carbocycles. The minimum atomic E-state index is -2.88. The predicted octanol–water partition coefficient (Wildman–Crippen LogP) is 5.10. The van der Waals surface area contributed by atoms with Crippen molar-refractivity contribution >= 4 is 16.6 Å². The lowest BCUT2D eigenvalue weighted by atomic mass is 10.1. The number of nitrogens with one attached hydrogen (secondary N) is 1. The molecule has 0 saturated carbocycles. The Bertz CT molecular complexity index is 978. The van der Waals surface area contributed by atoms with Gasteiger partial charge >= 0.3 is 0 Å². The summed E-state index contributed by atoms with van der Waals surface area (Å²) in [6, 6.07) is 11.5. The summed E-state index contributed by atoms with van der Waals surface area (Å²) in [4.78, 5) is 4.23. The molecule has 1 aromatic heterocycles. The average Bonchev–Trinajstić information content (AvgIpc) is 2.60. The third-order valence-electron chi connectivity index (χ3n) is 3.94. The first-order valence-corrected chi connectivity index (χ1v) is 7.60. The minimum absolute atomic E-state index is 0.0197. The molecular weight excluding hydrogens is 327 g/mol. The number of halogens is 3. The van der Waals surface area contributed by atoms with Gasteiger partial charge in [0.05, 0.1) is 22.3 Å². The molecule has 0 bridgehead atoms. The Labute approximate surface area is 142 Å². The maximum Gasteiger partial charge on any atom is 0.266 e. The molecule has 0 spiro atoms. The van der Waals surface area contributed by atoms with E-state index in [1.54, 1.807) is 0 Å². The lowest BCUT2D eigenvalue weighted by Crippen LogP contribution is -2.06. The quantitative estimate of drug-likeness (QED) is 0.718. The van der Waals surface area contributed by atoms with E-state index in [0.717, 1.165) is 17.0 Å². The van der Waals surface area contributed by atoms with E-state index in [4.69, 9.17) is 0 Å². The standard InChI is InChI=1S/C19H14F3N3/c1-11-5-6-16-15(7-11)18(13(8-23)10-24-16)25-9-12-3-2-4-14(17(12)20)19(21)22/h2-7,10,19H,9H2,1H3,(H,24,25). The van der Waals surface area contributed by atoms with Gasteiger partial charge in [0.15, 0.2) is 0 Å². The van der Waals surface area contributed by atoms with Gasteiger partial charge < -0.3 is 5.32 Å². The highest BCUT2D eigenvalue weighted by Gasteiger charge is 2.16. The first-order valence-electron chi connectivity index (χ1n) is 7.60. The molecule has 1 N–H and O–H groups in total. The highest BCUT2D eigenvalue weighted by atomic mass is 19.3. The Morgan fingerprint density at radius 2 is 2.04 bits per heavy atom. The molecule has 3 aromatic rings. The van der Waals surface area contributed by atoms with Gasteiger partial charge in [-0.1, -0.05) is 29.8 Å². The van der Waals surface area contributed by atoms with Crippen LogP contribution in [0.15, 0.2) is 42.6 Å². The molecule has 3 nitrogen and oxygen atoms in total. The van der Waals surface area contributed by atoms with Crippen LogP contribution in [0.3, 0.4) is 0 Å². The van der Waals surface area contributed by atoms with Gasteiger partial charge in [0.1, 0.15) is 11.9 Å². The number of hydrogen-bond donors (Lipinski definition) is 1. The zero-order valence-corrected chi connectivity index (χ0v) is 13.4. The average molecular weight is 341 g/mol. The van der Waals surface area contributed by atoms with Crippen molar-refractivity contribution in [3.05, 3.63) is 70.7 Å². The molecule has 0 aliphatic heterocycles. The molecule has 0 saturated heterocycles. The van der Waals surface area contributed by atoms with Crippen molar-refractivity contribution in [2.75, 3.05) is 5.32 Å². The van der Waals surface area contributed by atoms with E-state index < -0.39 is 17.8 Å². The molecule has 25 heavy (non-hydrogen) atoms. The highest BCUT2D eigenvalue weighted by Crippen LogP contribution is 2.28. The SMILES string of the molecule is Cc1ccc2ncc(C#N)c(NCc3cccc(C(F)F)c3F)c2c1. The third kappa shape index (κ3) is 3.26. The summed E-state index contributed by atoms with van der Waals surface area (Å²) in [6.07, 6.45) is -1.44. The number of pyridine rings is 1. The number of nitrogens with zero attached hydrogens (tertiary/aromatic N) is 2. The number of alkyl halides is 2. The van der Waals surface area contributed by atoms with Crippen LogP contribution < -0.4 is 5.32 Å². The number of hydrogen-bond acceptors (Lipinski definition) is 3. The number of anilines is 1. The van der Waals surface area contributed by atoms with Gasteiger partial charge in [-0.2, -0.15) is 5.26 Å². The lowest BCUT2D eigenvalue weighted by Gasteiger charge is -2.13. The summed E-state index contributed by atoms with van der Waals surface area (Å²) >= 11 is 0. The van der Waals surface area contributed by atoms with Gasteiger partial charge in [-0.15, -0.1) is 0 Å². The zero-order chi connectivity index (χ0) is 18.0. The molecule has 3 rings (SSSR count). The fraction of sp³-hybridized carbons (Fsp3) is 0.158. The Balaban J connectivity index is 2.00. The van der Waals surface area contributed by atoms with Crippen LogP contribution in [0, 0.1) is 24.1 Å². The van der Waals surface area contributed by atoms with Gasteiger partial charge in [-0.05, 0) is 19.1 Å². The molecule has 0 aliphatic carbocycles. The summed E-state index contributed by atoms with van der Waals surface area (Å²) in [6.45, 7) is 1.89. The first-order chi connectivity index (χ1) is 12.0. The third-order valence-corrected chi connectivity index (χ3v) is 3.94. The van der Waals surface area contributed by atoms with Crippen LogP contribution >= 0.6 is 0 Å². The molecule has 0 unspecified atom stereocenters. The number of rotatable bonds is 4.